The van der Waals surface area contributed by atoms with Crippen molar-refractivity contribution in [2.45, 2.75) is 26.7 Å². The van der Waals surface area contributed by atoms with Gasteiger partial charge < -0.3 is 15.4 Å². The second-order valence-electron chi connectivity index (χ2n) is 5.01. The molecule has 0 bridgehead atoms. The molecule has 0 radical (unpaired) electrons. The highest BCUT2D eigenvalue weighted by molar-refractivity contribution is 5.93. The molecule has 1 aromatic heterocycles. The zero-order chi connectivity index (χ0) is 14.8. The Morgan fingerprint density at radius 1 is 1.30 bits per heavy atom. The minimum atomic E-state index is -0.158. The smallest absolute Gasteiger partial charge is 0.254 e. The molecule has 1 rings (SSSR count). The van der Waals surface area contributed by atoms with Crippen molar-refractivity contribution in [2.75, 3.05) is 32.1 Å². The van der Waals surface area contributed by atoms with Gasteiger partial charge in [-0.3, -0.25) is 4.79 Å². The van der Waals surface area contributed by atoms with Crippen LogP contribution in [-0.4, -0.2) is 42.7 Å². The Bertz CT molecular complexity index is 393. The van der Waals surface area contributed by atoms with Crippen molar-refractivity contribution >= 4 is 11.9 Å². The standard InChI is InChI=1S/C14H24N4O2/c1-11(2)5-7-16-14-17-9-12(10-18-14)13(19)15-6-4-8-20-3/h9-11H,4-8H2,1-3H3,(H,15,19)(H,16,17,18). The number of carbonyl (C=O) groups is 1. The van der Waals surface area contributed by atoms with E-state index < -0.39 is 0 Å². The highest BCUT2D eigenvalue weighted by atomic mass is 16.5. The van der Waals surface area contributed by atoms with E-state index in [9.17, 15) is 4.79 Å². The van der Waals surface area contributed by atoms with Crippen LogP contribution in [0.3, 0.4) is 0 Å². The summed E-state index contributed by atoms with van der Waals surface area (Å²) in [6.45, 7) is 6.38. The molecule has 0 saturated carbocycles. The Balaban J connectivity index is 2.35. The minimum absolute atomic E-state index is 0.158. The van der Waals surface area contributed by atoms with Crippen molar-refractivity contribution in [3.8, 4) is 0 Å². The van der Waals surface area contributed by atoms with Gasteiger partial charge >= 0.3 is 0 Å². The molecular formula is C14H24N4O2. The summed E-state index contributed by atoms with van der Waals surface area (Å²) >= 11 is 0. The zero-order valence-electron chi connectivity index (χ0n) is 12.5. The number of hydrogen-bond donors (Lipinski definition) is 2. The summed E-state index contributed by atoms with van der Waals surface area (Å²) in [6, 6.07) is 0. The number of hydrogen-bond acceptors (Lipinski definition) is 5. The van der Waals surface area contributed by atoms with Gasteiger partial charge in [0.25, 0.3) is 5.91 Å². The lowest BCUT2D eigenvalue weighted by Gasteiger charge is -2.07. The zero-order valence-corrected chi connectivity index (χ0v) is 12.5. The number of nitrogens with one attached hydrogen (secondary N) is 2. The van der Waals surface area contributed by atoms with Crippen molar-refractivity contribution in [3.05, 3.63) is 18.0 Å². The molecule has 0 aliphatic heterocycles. The van der Waals surface area contributed by atoms with Crippen LogP contribution in [0, 0.1) is 5.92 Å². The van der Waals surface area contributed by atoms with E-state index in [1.165, 1.54) is 12.4 Å². The number of anilines is 1. The SMILES string of the molecule is COCCCNC(=O)c1cnc(NCCC(C)C)nc1. The summed E-state index contributed by atoms with van der Waals surface area (Å²) in [5.41, 5.74) is 0.469. The van der Waals surface area contributed by atoms with Crippen LogP contribution in [0.1, 0.15) is 37.0 Å². The van der Waals surface area contributed by atoms with E-state index in [0.29, 0.717) is 30.6 Å². The molecular weight excluding hydrogens is 256 g/mol. The van der Waals surface area contributed by atoms with Crippen LogP contribution in [0.25, 0.3) is 0 Å². The summed E-state index contributed by atoms with van der Waals surface area (Å²) in [6.07, 6.45) is 4.93. The normalized spacial score (nSPS) is 10.6. The fraction of sp³-hybridized carbons (Fsp3) is 0.643. The first-order valence-electron chi connectivity index (χ1n) is 6.96. The highest BCUT2D eigenvalue weighted by Gasteiger charge is 2.06. The maximum Gasteiger partial charge on any atom is 0.254 e. The quantitative estimate of drug-likeness (QED) is 0.673. The molecule has 1 amide bonds. The third-order valence-corrected chi connectivity index (χ3v) is 2.73. The molecule has 1 heterocycles. The number of rotatable bonds is 9. The van der Waals surface area contributed by atoms with E-state index in [1.54, 1.807) is 7.11 Å². The van der Waals surface area contributed by atoms with Crippen molar-refractivity contribution in [2.24, 2.45) is 5.92 Å². The van der Waals surface area contributed by atoms with Crippen LogP contribution in [0.4, 0.5) is 5.95 Å². The fourth-order valence-electron chi connectivity index (χ4n) is 1.53. The monoisotopic (exact) mass is 280 g/mol. The van der Waals surface area contributed by atoms with Crippen LogP contribution in [0.2, 0.25) is 0 Å². The lowest BCUT2D eigenvalue weighted by molar-refractivity contribution is 0.0948. The van der Waals surface area contributed by atoms with Crippen molar-refractivity contribution in [1.82, 2.24) is 15.3 Å². The third-order valence-electron chi connectivity index (χ3n) is 2.73. The summed E-state index contributed by atoms with van der Waals surface area (Å²) in [4.78, 5) is 20.0. The molecule has 2 N–H and O–H groups in total. The summed E-state index contributed by atoms with van der Waals surface area (Å²) in [7, 11) is 1.64. The van der Waals surface area contributed by atoms with Crippen molar-refractivity contribution < 1.29 is 9.53 Å². The van der Waals surface area contributed by atoms with Crippen LogP contribution < -0.4 is 10.6 Å². The second kappa shape index (κ2) is 9.25. The van der Waals surface area contributed by atoms with Crippen LogP contribution in [0.5, 0.6) is 0 Å². The van der Waals surface area contributed by atoms with Crippen molar-refractivity contribution in [1.29, 1.82) is 0 Å². The first-order chi connectivity index (χ1) is 9.63. The molecule has 0 fully saturated rings. The number of aromatic nitrogens is 2. The van der Waals surface area contributed by atoms with Crippen LogP contribution in [0.15, 0.2) is 12.4 Å². The van der Waals surface area contributed by atoms with Gasteiger partial charge in [-0.25, -0.2) is 9.97 Å². The van der Waals surface area contributed by atoms with Gasteiger partial charge in [0, 0.05) is 39.2 Å². The van der Waals surface area contributed by atoms with Gasteiger partial charge in [0.1, 0.15) is 0 Å². The summed E-state index contributed by atoms with van der Waals surface area (Å²) in [5, 5.41) is 5.92. The molecule has 6 heteroatoms. The number of nitrogens with zero attached hydrogens (tertiary/aromatic N) is 2. The fourth-order valence-corrected chi connectivity index (χ4v) is 1.53. The van der Waals surface area contributed by atoms with Gasteiger partial charge in [0.05, 0.1) is 5.56 Å². The molecule has 0 unspecified atom stereocenters. The van der Waals surface area contributed by atoms with E-state index in [0.717, 1.165) is 19.4 Å². The first kappa shape index (κ1) is 16.4. The molecule has 20 heavy (non-hydrogen) atoms. The number of methoxy groups -OCH3 is 1. The number of carbonyl (C=O) groups excluding carboxylic acids is 1. The largest absolute Gasteiger partial charge is 0.385 e. The summed E-state index contributed by atoms with van der Waals surface area (Å²) in [5.74, 6) is 1.04. The molecule has 0 atom stereocenters. The topological polar surface area (TPSA) is 76.1 Å². The van der Waals surface area contributed by atoms with Gasteiger partial charge in [-0.15, -0.1) is 0 Å². The second-order valence-corrected chi connectivity index (χ2v) is 5.01. The molecule has 0 aliphatic rings. The van der Waals surface area contributed by atoms with Gasteiger partial charge in [0.2, 0.25) is 5.95 Å². The van der Waals surface area contributed by atoms with Gasteiger partial charge in [0.15, 0.2) is 0 Å². The van der Waals surface area contributed by atoms with E-state index >= 15 is 0 Å². The van der Waals surface area contributed by atoms with Crippen LogP contribution >= 0.6 is 0 Å². The first-order valence-corrected chi connectivity index (χ1v) is 6.96. The molecule has 1 aromatic rings. The average molecular weight is 280 g/mol. The molecule has 0 spiro atoms. The Kier molecular flexibility index (Phi) is 7.57. The Hall–Kier alpha value is -1.69. The maximum atomic E-state index is 11.8. The minimum Gasteiger partial charge on any atom is -0.385 e. The highest BCUT2D eigenvalue weighted by Crippen LogP contribution is 2.03. The van der Waals surface area contributed by atoms with Gasteiger partial charge in [-0.1, -0.05) is 13.8 Å². The number of ether oxygens (including phenoxy) is 1. The third kappa shape index (κ3) is 6.47. The Morgan fingerprint density at radius 3 is 2.60 bits per heavy atom. The van der Waals surface area contributed by atoms with Gasteiger partial charge in [-0.05, 0) is 18.8 Å². The van der Waals surface area contributed by atoms with Gasteiger partial charge in [-0.2, -0.15) is 0 Å². The Morgan fingerprint density at radius 2 is 2.00 bits per heavy atom. The number of amides is 1. The predicted octanol–water partition coefficient (Wildman–Crippen LogP) is 1.70. The van der Waals surface area contributed by atoms with E-state index in [2.05, 4.69) is 34.4 Å². The Labute approximate surface area is 120 Å². The molecule has 112 valence electrons. The van der Waals surface area contributed by atoms with Crippen molar-refractivity contribution in [3.63, 3.8) is 0 Å². The van der Waals surface area contributed by atoms with E-state index in [4.69, 9.17) is 4.74 Å². The maximum absolute atomic E-state index is 11.8. The van der Waals surface area contributed by atoms with E-state index in [1.807, 2.05) is 0 Å². The molecule has 0 aromatic carbocycles. The molecule has 0 saturated heterocycles. The van der Waals surface area contributed by atoms with E-state index in [-0.39, 0.29) is 5.91 Å². The lowest BCUT2D eigenvalue weighted by atomic mass is 10.1. The predicted molar refractivity (Wildman–Crippen MR) is 78.8 cm³/mol. The van der Waals surface area contributed by atoms with Crippen LogP contribution in [-0.2, 0) is 4.74 Å². The average Bonchev–Trinajstić information content (AvgIpc) is 2.44. The molecule has 6 nitrogen and oxygen atoms in total. The lowest BCUT2D eigenvalue weighted by Crippen LogP contribution is -2.25. The summed E-state index contributed by atoms with van der Waals surface area (Å²) < 4.78 is 4.92. The molecule has 0 aliphatic carbocycles.